The third kappa shape index (κ3) is 4.96. The summed E-state index contributed by atoms with van der Waals surface area (Å²) in [4.78, 5) is 0.00722. The molecule has 2 nitrogen and oxygen atoms in total. The van der Waals surface area contributed by atoms with Crippen molar-refractivity contribution in [2.45, 2.75) is 0 Å². The molecule has 5 heteroatoms. The van der Waals surface area contributed by atoms with Crippen LogP contribution in [0.5, 0.6) is 0 Å². The average Bonchev–Trinajstić information content (AvgIpc) is 2.86. The summed E-state index contributed by atoms with van der Waals surface area (Å²) in [5, 5.41) is 0.264. The molecule has 33 heavy (non-hydrogen) atoms. The largest absolute Gasteiger partial charge is 0.218 e. The van der Waals surface area contributed by atoms with E-state index in [4.69, 9.17) is 23.2 Å². The summed E-state index contributed by atoms with van der Waals surface area (Å²) in [5.41, 5.74) is 2.17. The van der Waals surface area contributed by atoms with Gasteiger partial charge in [-0.25, -0.2) is 8.42 Å². The van der Waals surface area contributed by atoms with E-state index in [9.17, 15) is 8.42 Å². The van der Waals surface area contributed by atoms with E-state index < -0.39 is 9.84 Å². The first-order chi connectivity index (χ1) is 16.0. The summed E-state index contributed by atoms with van der Waals surface area (Å²) in [6.07, 6.45) is 0. The number of hydrogen-bond donors (Lipinski definition) is 0. The van der Waals surface area contributed by atoms with E-state index in [0.29, 0.717) is 22.3 Å². The Labute approximate surface area is 204 Å². The zero-order valence-corrected chi connectivity index (χ0v) is 19.9. The van der Waals surface area contributed by atoms with Crippen molar-refractivity contribution < 1.29 is 8.42 Å². The SMILES string of the molecule is O=S(=O)(/C(=C(\Cl)c1ccccc1)c1ccccc1)/C(=C(\Cl)c1ccccc1)c1ccccc1. The van der Waals surface area contributed by atoms with Crippen LogP contribution < -0.4 is 0 Å². The van der Waals surface area contributed by atoms with Crippen LogP contribution in [0.1, 0.15) is 22.3 Å². The maximum Gasteiger partial charge on any atom is 0.210 e. The van der Waals surface area contributed by atoms with Crippen molar-refractivity contribution in [2.75, 3.05) is 0 Å². The molecule has 0 unspecified atom stereocenters. The third-order valence-corrected chi connectivity index (χ3v) is 8.06. The van der Waals surface area contributed by atoms with E-state index in [-0.39, 0.29) is 19.9 Å². The van der Waals surface area contributed by atoms with E-state index in [1.54, 1.807) is 72.8 Å². The molecule has 0 bridgehead atoms. The fourth-order valence-electron chi connectivity index (χ4n) is 3.51. The maximum atomic E-state index is 14.4. The Balaban J connectivity index is 2.07. The molecule has 0 heterocycles. The fraction of sp³-hybridized carbons (Fsp3) is 0. The second-order valence-electron chi connectivity index (χ2n) is 7.25. The molecule has 0 atom stereocenters. The number of rotatable bonds is 6. The molecule has 0 amide bonds. The van der Waals surface area contributed by atoms with Gasteiger partial charge in [0, 0.05) is 0 Å². The zero-order valence-electron chi connectivity index (χ0n) is 17.5. The Morgan fingerprint density at radius 3 is 0.939 bits per heavy atom. The summed E-state index contributed by atoms with van der Waals surface area (Å²) < 4.78 is 28.8. The molecule has 4 aromatic rings. The predicted molar refractivity (Wildman–Crippen MR) is 140 cm³/mol. The fourth-order valence-corrected chi connectivity index (χ4v) is 6.40. The summed E-state index contributed by atoms with van der Waals surface area (Å²) in [6.45, 7) is 0. The van der Waals surface area contributed by atoms with Crippen molar-refractivity contribution in [1.82, 2.24) is 0 Å². The lowest BCUT2D eigenvalue weighted by Crippen LogP contribution is -2.09. The lowest BCUT2D eigenvalue weighted by atomic mass is 10.1. The van der Waals surface area contributed by atoms with Crippen LogP contribution in [0.2, 0.25) is 0 Å². The quantitative estimate of drug-likeness (QED) is 0.257. The number of sulfone groups is 1. The Hall–Kier alpha value is -3.11. The van der Waals surface area contributed by atoms with Gasteiger partial charge < -0.3 is 0 Å². The van der Waals surface area contributed by atoms with Crippen LogP contribution in [0.3, 0.4) is 0 Å². The highest BCUT2D eigenvalue weighted by Crippen LogP contribution is 2.43. The number of hydrogen-bond acceptors (Lipinski definition) is 2. The molecule has 0 saturated carbocycles. The van der Waals surface area contributed by atoms with Gasteiger partial charge in [-0.1, -0.05) is 145 Å². The summed E-state index contributed by atoms with van der Waals surface area (Å²) in [5.74, 6) is 0. The Morgan fingerprint density at radius 1 is 0.424 bits per heavy atom. The molecule has 0 N–H and O–H groups in total. The Kier molecular flexibility index (Phi) is 7.14. The van der Waals surface area contributed by atoms with E-state index in [1.165, 1.54) is 0 Å². The van der Waals surface area contributed by atoms with E-state index >= 15 is 0 Å². The van der Waals surface area contributed by atoms with Crippen LogP contribution in [0.4, 0.5) is 0 Å². The van der Waals surface area contributed by atoms with Gasteiger partial charge in [0.2, 0.25) is 9.84 Å². The van der Waals surface area contributed by atoms with Crippen molar-refractivity contribution in [3.8, 4) is 0 Å². The van der Waals surface area contributed by atoms with E-state index in [1.807, 2.05) is 48.5 Å². The highest BCUT2D eigenvalue weighted by atomic mass is 35.5. The second kappa shape index (κ2) is 10.2. The molecule has 0 aliphatic rings. The molecule has 4 rings (SSSR count). The molecule has 164 valence electrons. The molecule has 4 aromatic carbocycles. The van der Waals surface area contributed by atoms with Gasteiger partial charge in [-0.2, -0.15) is 0 Å². The molecular weight excluding hydrogens is 471 g/mol. The first-order valence-corrected chi connectivity index (χ1v) is 12.5. The molecular formula is C28H20Cl2O2S. The Morgan fingerprint density at radius 2 is 0.667 bits per heavy atom. The van der Waals surface area contributed by atoms with Crippen LogP contribution in [0.25, 0.3) is 19.9 Å². The molecule has 0 saturated heterocycles. The molecule has 0 fully saturated rings. The van der Waals surface area contributed by atoms with Gasteiger partial charge in [0.1, 0.15) is 0 Å². The smallest absolute Gasteiger partial charge is 0.210 e. The van der Waals surface area contributed by atoms with Crippen LogP contribution in [-0.2, 0) is 9.84 Å². The van der Waals surface area contributed by atoms with Crippen molar-refractivity contribution in [1.29, 1.82) is 0 Å². The predicted octanol–water partition coefficient (Wildman–Crippen LogP) is 7.93. The third-order valence-electron chi connectivity index (χ3n) is 5.06. The highest BCUT2D eigenvalue weighted by molar-refractivity contribution is 8.09. The van der Waals surface area contributed by atoms with Crippen molar-refractivity contribution in [3.05, 3.63) is 144 Å². The summed E-state index contributed by atoms with van der Waals surface area (Å²) in [7, 11) is -4.17. The molecule has 0 radical (unpaired) electrons. The maximum absolute atomic E-state index is 14.4. The zero-order chi connectivity index (χ0) is 23.3. The Bertz CT molecular complexity index is 1290. The van der Waals surface area contributed by atoms with Crippen LogP contribution in [0, 0.1) is 0 Å². The highest BCUT2D eigenvalue weighted by Gasteiger charge is 2.32. The molecule has 0 aromatic heterocycles. The second-order valence-corrected chi connectivity index (χ2v) is 9.83. The monoisotopic (exact) mass is 490 g/mol. The minimum Gasteiger partial charge on any atom is -0.218 e. The van der Waals surface area contributed by atoms with Crippen molar-refractivity contribution in [3.63, 3.8) is 0 Å². The van der Waals surface area contributed by atoms with Gasteiger partial charge in [-0.15, -0.1) is 0 Å². The van der Waals surface area contributed by atoms with Gasteiger partial charge in [0.05, 0.1) is 19.9 Å². The molecule has 0 spiro atoms. The van der Waals surface area contributed by atoms with E-state index in [2.05, 4.69) is 0 Å². The average molecular weight is 491 g/mol. The lowest BCUT2D eigenvalue weighted by Gasteiger charge is -2.17. The lowest BCUT2D eigenvalue weighted by molar-refractivity contribution is 0.615. The van der Waals surface area contributed by atoms with Gasteiger partial charge in [0.15, 0.2) is 0 Å². The summed E-state index contributed by atoms with van der Waals surface area (Å²) in [6, 6.07) is 35.8. The minimum absolute atomic E-state index is 0.00361. The first kappa shape index (κ1) is 23.1. The van der Waals surface area contributed by atoms with Crippen LogP contribution >= 0.6 is 23.2 Å². The van der Waals surface area contributed by atoms with Crippen LogP contribution in [0.15, 0.2) is 121 Å². The molecule has 0 aliphatic carbocycles. The number of benzene rings is 4. The van der Waals surface area contributed by atoms with Crippen LogP contribution in [-0.4, -0.2) is 8.42 Å². The number of halogens is 2. The van der Waals surface area contributed by atoms with Gasteiger partial charge in [-0.05, 0) is 22.3 Å². The van der Waals surface area contributed by atoms with Gasteiger partial charge in [0.25, 0.3) is 0 Å². The summed E-state index contributed by atoms with van der Waals surface area (Å²) >= 11 is 13.6. The first-order valence-electron chi connectivity index (χ1n) is 10.3. The minimum atomic E-state index is -4.17. The van der Waals surface area contributed by atoms with Crippen molar-refractivity contribution >= 4 is 52.9 Å². The standard InChI is InChI=1S/C28H20Cl2O2S/c29-25(21-13-5-1-6-14-21)27(23-17-9-3-10-18-23)33(31,32)28(24-19-11-4-12-20-24)26(30)22-15-7-2-8-16-22/h1-20H/b27-25-,28-26-. The molecule has 0 aliphatic heterocycles. The van der Waals surface area contributed by atoms with Gasteiger partial charge in [-0.3, -0.25) is 0 Å². The van der Waals surface area contributed by atoms with Gasteiger partial charge >= 0.3 is 0 Å². The normalized spacial score (nSPS) is 13.2. The topological polar surface area (TPSA) is 34.1 Å². The van der Waals surface area contributed by atoms with E-state index in [0.717, 1.165) is 0 Å². The van der Waals surface area contributed by atoms with Crippen molar-refractivity contribution in [2.24, 2.45) is 0 Å².